The van der Waals surface area contributed by atoms with Gasteiger partial charge in [-0.3, -0.25) is 0 Å². The number of alkyl halides is 2. The monoisotopic (exact) mass is 292 g/mol. The van der Waals surface area contributed by atoms with Gasteiger partial charge in [0.1, 0.15) is 16.8 Å². The smallest absolute Gasteiger partial charge is 0.387 e. The van der Waals surface area contributed by atoms with Gasteiger partial charge in [-0.15, -0.1) is 11.3 Å². The van der Waals surface area contributed by atoms with E-state index in [-0.39, 0.29) is 5.75 Å². The average Bonchev–Trinajstić information content (AvgIpc) is 2.84. The first-order chi connectivity index (χ1) is 9.58. The van der Waals surface area contributed by atoms with E-state index in [2.05, 4.69) is 15.8 Å². The van der Waals surface area contributed by atoms with Gasteiger partial charge >= 0.3 is 6.61 Å². The van der Waals surface area contributed by atoms with Gasteiger partial charge in [0, 0.05) is 11.1 Å². The maximum Gasteiger partial charge on any atom is 0.387 e. The quantitative estimate of drug-likeness (QED) is 0.796. The van der Waals surface area contributed by atoms with Crippen LogP contribution in [0, 0.1) is 18.3 Å². The van der Waals surface area contributed by atoms with Crippen LogP contribution in [-0.2, 0) is 0 Å². The van der Waals surface area contributed by atoms with Crippen LogP contribution in [0.25, 0.3) is 11.6 Å². The molecule has 102 valence electrons. The van der Waals surface area contributed by atoms with E-state index >= 15 is 0 Å². The number of ether oxygens (including phenoxy) is 1. The molecule has 0 N–H and O–H groups in total. The molecule has 0 radical (unpaired) electrons. The number of benzene rings is 1. The molecule has 3 nitrogen and oxygen atoms in total. The predicted molar refractivity (Wildman–Crippen MR) is 73.4 cm³/mol. The molecule has 0 amide bonds. The van der Waals surface area contributed by atoms with Gasteiger partial charge in [-0.05, 0) is 30.7 Å². The van der Waals surface area contributed by atoms with Gasteiger partial charge in [0.15, 0.2) is 0 Å². The molecule has 0 fully saturated rings. The second kappa shape index (κ2) is 6.26. The van der Waals surface area contributed by atoms with Crippen molar-refractivity contribution in [1.82, 2.24) is 4.98 Å². The minimum absolute atomic E-state index is 0.0840. The number of nitrogens with zero attached hydrogens (tertiary/aromatic N) is 2. The molecule has 0 spiro atoms. The lowest BCUT2D eigenvalue weighted by Crippen LogP contribution is -2.01. The summed E-state index contributed by atoms with van der Waals surface area (Å²) in [6, 6.07) is 8.16. The Morgan fingerprint density at radius 2 is 2.10 bits per heavy atom. The Morgan fingerprint density at radius 1 is 1.40 bits per heavy atom. The average molecular weight is 292 g/mol. The van der Waals surface area contributed by atoms with Gasteiger partial charge in [0.25, 0.3) is 0 Å². The highest BCUT2D eigenvalue weighted by Gasteiger charge is 2.06. The lowest BCUT2D eigenvalue weighted by Gasteiger charge is -2.04. The molecule has 0 atom stereocenters. The number of hydrogen-bond acceptors (Lipinski definition) is 4. The SMILES string of the molecule is Cc1csc(C(C#N)=Cc2ccc(OC(F)F)cc2)n1. The Bertz CT molecular complexity index is 657. The second-order valence-corrected chi connectivity index (χ2v) is 4.77. The van der Waals surface area contributed by atoms with Crippen LogP contribution in [0.5, 0.6) is 5.75 Å². The summed E-state index contributed by atoms with van der Waals surface area (Å²) in [5.74, 6) is 0.0840. The van der Waals surface area contributed by atoms with Crippen LogP contribution in [-0.4, -0.2) is 11.6 Å². The maximum absolute atomic E-state index is 12.0. The third kappa shape index (κ3) is 3.62. The number of aromatic nitrogens is 1. The number of halogens is 2. The lowest BCUT2D eigenvalue weighted by molar-refractivity contribution is -0.0498. The van der Waals surface area contributed by atoms with E-state index in [4.69, 9.17) is 5.26 Å². The van der Waals surface area contributed by atoms with E-state index < -0.39 is 6.61 Å². The van der Waals surface area contributed by atoms with Crippen LogP contribution < -0.4 is 4.74 Å². The molecule has 1 aromatic heterocycles. The van der Waals surface area contributed by atoms with Crippen LogP contribution in [0.15, 0.2) is 29.6 Å². The summed E-state index contributed by atoms with van der Waals surface area (Å²) in [5, 5.41) is 11.6. The molecular weight excluding hydrogens is 282 g/mol. The van der Waals surface area contributed by atoms with Gasteiger partial charge in [-0.2, -0.15) is 14.0 Å². The van der Waals surface area contributed by atoms with Crippen molar-refractivity contribution in [2.75, 3.05) is 0 Å². The largest absolute Gasteiger partial charge is 0.435 e. The summed E-state index contributed by atoms with van der Waals surface area (Å²) >= 11 is 1.39. The molecule has 0 aliphatic carbocycles. The zero-order valence-electron chi connectivity index (χ0n) is 10.5. The number of hydrogen-bond donors (Lipinski definition) is 0. The molecule has 1 aromatic carbocycles. The molecule has 0 aliphatic heterocycles. The predicted octanol–water partition coefficient (Wildman–Crippen LogP) is 4.12. The summed E-state index contributed by atoms with van der Waals surface area (Å²) in [4.78, 5) is 4.24. The number of allylic oxidation sites excluding steroid dienone is 1. The summed E-state index contributed by atoms with van der Waals surface area (Å²) in [5.41, 5.74) is 2.01. The summed E-state index contributed by atoms with van der Waals surface area (Å²) in [6.07, 6.45) is 1.66. The van der Waals surface area contributed by atoms with Gasteiger partial charge < -0.3 is 4.74 Å². The molecule has 2 rings (SSSR count). The molecule has 1 heterocycles. The normalized spacial score (nSPS) is 11.4. The van der Waals surface area contributed by atoms with Crippen molar-refractivity contribution in [1.29, 1.82) is 5.26 Å². The second-order valence-electron chi connectivity index (χ2n) is 3.91. The van der Waals surface area contributed by atoms with E-state index in [0.717, 1.165) is 11.3 Å². The van der Waals surface area contributed by atoms with Crippen LogP contribution in [0.1, 0.15) is 16.3 Å². The molecule has 0 bridgehead atoms. The zero-order chi connectivity index (χ0) is 14.5. The minimum Gasteiger partial charge on any atom is -0.435 e. The highest BCUT2D eigenvalue weighted by Crippen LogP contribution is 2.22. The molecule has 6 heteroatoms. The molecular formula is C14H10F2N2OS. The van der Waals surface area contributed by atoms with Gasteiger partial charge in [0.2, 0.25) is 0 Å². The molecule has 0 unspecified atom stereocenters. The van der Waals surface area contributed by atoms with Crippen molar-refractivity contribution >= 4 is 23.0 Å². The fourth-order valence-electron chi connectivity index (χ4n) is 1.53. The Kier molecular flexibility index (Phi) is 4.43. The molecule has 0 aliphatic rings. The molecule has 2 aromatic rings. The highest BCUT2D eigenvalue weighted by molar-refractivity contribution is 7.11. The van der Waals surface area contributed by atoms with Crippen molar-refractivity contribution in [2.45, 2.75) is 13.5 Å². The third-order valence-corrected chi connectivity index (χ3v) is 3.38. The highest BCUT2D eigenvalue weighted by atomic mass is 32.1. The zero-order valence-corrected chi connectivity index (χ0v) is 11.3. The van der Waals surface area contributed by atoms with Crippen LogP contribution in [0.4, 0.5) is 8.78 Å². The molecule has 20 heavy (non-hydrogen) atoms. The Morgan fingerprint density at radius 3 is 2.60 bits per heavy atom. The van der Waals surface area contributed by atoms with Gasteiger partial charge in [-0.25, -0.2) is 4.98 Å². The van der Waals surface area contributed by atoms with Crippen LogP contribution in [0.2, 0.25) is 0 Å². The minimum atomic E-state index is -2.84. The summed E-state index contributed by atoms with van der Waals surface area (Å²) < 4.78 is 28.3. The van der Waals surface area contributed by atoms with Crippen LogP contribution in [0.3, 0.4) is 0 Å². The number of rotatable bonds is 4. The lowest BCUT2D eigenvalue weighted by atomic mass is 10.1. The van der Waals surface area contributed by atoms with E-state index in [9.17, 15) is 8.78 Å². The fourth-order valence-corrected chi connectivity index (χ4v) is 2.29. The Hall–Kier alpha value is -2.26. The Balaban J connectivity index is 2.22. The third-order valence-electron chi connectivity index (χ3n) is 2.39. The number of aryl methyl sites for hydroxylation is 1. The number of nitriles is 1. The maximum atomic E-state index is 12.0. The summed E-state index contributed by atoms with van der Waals surface area (Å²) in [7, 11) is 0. The van der Waals surface area contributed by atoms with E-state index in [1.54, 1.807) is 18.2 Å². The number of thiazole rings is 1. The van der Waals surface area contributed by atoms with Crippen molar-refractivity contribution in [3.8, 4) is 11.8 Å². The topological polar surface area (TPSA) is 45.9 Å². The standard InChI is InChI=1S/C14H10F2N2OS/c1-9-8-20-13(18-9)11(7-17)6-10-2-4-12(5-3-10)19-14(15)16/h2-6,8,14H,1H3. The Labute approximate surface area is 118 Å². The van der Waals surface area contributed by atoms with E-state index in [0.29, 0.717) is 10.6 Å². The van der Waals surface area contributed by atoms with Gasteiger partial charge in [-0.1, -0.05) is 12.1 Å². The van der Waals surface area contributed by atoms with Crippen molar-refractivity contribution < 1.29 is 13.5 Å². The van der Waals surface area contributed by atoms with Crippen molar-refractivity contribution in [3.63, 3.8) is 0 Å². The van der Waals surface area contributed by atoms with E-state index in [1.165, 1.54) is 23.5 Å². The molecule has 0 saturated heterocycles. The first-order valence-electron chi connectivity index (χ1n) is 5.67. The molecule has 0 saturated carbocycles. The van der Waals surface area contributed by atoms with Crippen molar-refractivity contribution in [3.05, 3.63) is 45.9 Å². The first-order valence-corrected chi connectivity index (χ1v) is 6.55. The summed E-state index contributed by atoms with van der Waals surface area (Å²) in [6.45, 7) is -0.991. The fraction of sp³-hybridized carbons (Fsp3) is 0.143. The van der Waals surface area contributed by atoms with E-state index in [1.807, 2.05) is 12.3 Å². The first kappa shape index (κ1) is 14.2. The van der Waals surface area contributed by atoms with Gasteiger partial charge in [0.05, 0.1) is 5.57 Å². The van der Waals surface area contributed by atoms with Crippen molar-refractivity contribution in [2.24, 2.45) is 0 Å². The van der Waals surface area contributed by atoms with Crippen LogP contribution >= 0.6 is 11.3 Å².